The summed E-state index contributed by atoms with van der Waals surface area (Å²) in [6.45, 7) is 3.43. The first kappa shape index (κ1) is 19.7. The van der Waals surface area contributed by atoms with Crippen LogP contribution in [0, 0.1) is 0 Å². The molecule has 0 spiro atoms. The molecule has 150 valence electrons. The quantitative estimate of drug-likeness (QED) is 0.683. The van der Waals surface area contributed by atoms with Gasteiger partial charge in [-0.15, -0.1) is 0 Å². The third kappa shape index (κ3) is 4.24. The molecule has 0 atom stereocenters. The van der Waals surface area contributed by atoms with Gasteiger partial charge in [0.2, 0.25) is 5.75 Å². The van der Waals surface area contributed by atoms with E-state index in [2.05, 4.69) is 21.1 Å². The van der Waals surface area contributed by atoms with Crippen LogP contribution in [0.1, 0.15) is 5.56 Å². The van der Waals surface area contributed by atoms with Crippen LogP contribution in [-0.2, 0) is 0 Å². The molecule has 0 radical (unpaired) electrons. The van der Waals surface area contributed by atoms with Gasteiger partial charge in [0.15, 0.2) is 11.5 Å². The Labute approximate surface area is 166 Å². The molecular weight excluding hydrogens is 358 g/mol. The van der Waals surface area contributed by atoms with Crippen LogP contribution in [0.2, 0.25) is 0 Å². The van der Waals surface area contributed by atoms with Crippen molar-refractivity contribution in [3.8, 4) is 23.0 Å². The lowest BCUT2D eigenvalue weighted by molar-refractivity contribution is 0.271. The summed E-state index contributed by atoms with van der Waals surface area (Å²) in [6, 6.07) is 11.9. The summed E-state index contributed by atoms with van der Waals surface area (Å²) < 4.78 is 21.6. The van der Waals surface area contributed by atoms with Gasteiger partial charge in [0.1, 0.15) is 5.75 Å². The largest absolute Gasteiger partial charge is 0.495 e. The molecule has 3 rings (SSSR count). The zero-order chi connectivity index (χ0) is 19.9. The third-order valence-electron chi connectivity index (χ3n) is 4.74. The first-order chi connectivity index (χ1) is 13.7. The van der Waals surface area contributed by atoms with Crippen LogP contribution in [0.4, 0.5) is 5.69 Å². The molecule has 28 heavy (non-hydrogen) atoms. The first-order valence-electron chi connectivity index (χ1n) is 9.17. The SMILES string of the molecule is COc1ccccc1N1CCN(/N=C\c2cc(OC)c(OC)c(OC)c2)CC1. The number of methoxy groups -OCH3 is 4. The maximum atomic E-state index is 5.47. The van der Waals surface area contributed by atoms with Crippen molar-refractivity contribution in [2.24, 2.45) is 5.10 Å². The highest BCUT2D eigenvalue weighted by Crippen LogP contribution is 2.37. The summed E-state index contributed by atoms with van der Waals surface area (Å²) in [5.74, 6) is 2.71. The van der Waals surface area contributed by atoms with E-state index < -0.39 is 0 Å². The van der Waals surface area contributed by atoms with E-state index in [-0.39, 0.29) is 0 Å². The van der Waals surface area contributed by atoms with Crippen molar-refractivity contribution in [2.75, 3.05) is 59.5 Å². The predicted molar refractivity (Wildman–Crippen MR) is 110 cm³/mol. The molecule has 0 N–H and O–H groups in total. The fourth-order valence-electron chi connectivity index (χ4n) is 3.27. The molecule has 2 aromatic rings. The molecule has 0 amide bonds. The van der Waals surface area contributed by atoms with E-state index in [0.717, 1.165) is 43.2 Å². The Bertz CT molecular complexity index is 792. The van der Waals surface area contributed by atoms with Gasteiger partial charge in [0.25, 0.3) is 0 Å². The minimum absolute atomic E-state index is 0.576. The minimum atomic E-state index is 0.576. The third-order valence-corrected chi connectivity index (χ3v) is 4.74. The normalized spacial score (nSPS) is 14.3. The zero-order valence-electron chi connectivity index (χ0n) is 16.8. The molecule has 1 saturated heterocycles. The standard InChI is InChI=1S/C21H27N3O4/c1-25-18-8-6-5-7-17(18)23-9-11-24(12-10-23)22-15-16-13-19(26-2)21(28-4)20(14-16)27-3/h5-8,13-15H,9-12H2,1-4H3/b22-15-. The molecule has 1 aliphatic rings. The number of rotatable bonds is 7. The molecule has 2 aromatic carbocycles. The van der Waals surface area contributed by atoms with Gasteiger partial charge in [0, 0.05) is 18.7 Å². The molecule has 0 aromatic heterocycles. The van der Waals surface area contributed by atoms with Crippen molar-refractivity contribution in [3.63, 3.8) is 0 Å². The predicted octanol–water partition coefficient (Wildman–Crippen LogP) is 2.88. The Morgan fingerprint density at radius 1 is 0.786 bits per heavy atom. The number of hydrogen-bond acceptors (Lipinski definition) is 7. The zero-order valence-corrected chi connectivity index (χ0v) is 16.8. The second-order valence-corrected chi connectivity index (χ2v) is 6.32. The lowest BCUT2D eigenvalue weighted by atomic mass is 10.2. The van der Waals surface area contributed by atoms with E-state index in [1.807, 2.05) is 36.5 Å². The Balaban J connectivity index is 1.67. The van der Waals surface area contributed by atoms with Gasteiger partial charge in [-0.2, -0.15) is 5.10 Å². The molecule has 1 fully saturated rings. The highest BCUT2D eigenvalue weighted by molar-refractivity contribution is 5.82. The summed E-state index contributed by atoms with van der Waals surface area (Å²) in [7, 11) is 6.51. The number of hydrogen-bond donors (Lipinski definition) is 0. The molecular formula is C21H27N3O4. The van der Waals surface area contributed by atoms with E-state index in [9.17, 15) is 0 Å². The number of para-hydroxylation sites is 2. The number of benzene rings is 2. The van der Waals surface area contributed by atoms with Gasteiger partial charge in [-0.1, -0.05) is 12.1 Å². The van der Waals surface area contributed by atoms with Crippen molar-refractivity contribution in [1.82, 2.24) is 5.01 Å². The number of nitrogens with zero attached hydrogens (tertiary/aromatic N) is 3. The van der Waals surface area contributed by atoms with Crippen molar-refractivity contribution >= 4 is 11.9 Å². The maximum Gasteiger partial charge on any atom is 0.203 e. The molecule has 0 aliphatic carbocycles. The molecule has 0 unspecified atom stereocenters. The van der Waals surface area contributed by atoms with Crippen LogP contribution >= 0.6 is 0 Å². The van der Waals surface area contributed by atoms with Crippen LogP contribution in [0.5, 0.6) is 23.0 Å². The van der Waals surface area contributed by atoms with Crippen LogP contribution in [0.25, 0.3) is 0 Å². The summed E-state index contributed by atoms with van der Waals surface area (Å²) in [5.41, 5.74) is 2.01. The van der Waals surface area contributed by atoms with Gasteiger partial charge in [-0.05, 0) is 24.3 Å². The summed E-state index contributed by atoms with van der Waals surface area (Å²) in [6.07, 6.45) is 1.82. The molecule has 1 aliphatic heterocycles. The lowest BCUT2D eigenvalue weighted by Crippen LogP contribution is -2.44. The summed E-state index contributed by atoms with van der Waals surface area (Å²) in [5, 5.41) is 6.69. The Morgan fingerprint density at radius 3 is 1.96 bits per heavy atom. The highest BCUT2D eigenvalue weighted by atomic mass is 16.5. The Hall–Kier alpha value is -3.09. The second kappa shape index (κ2) is 9.21. The van der Waals surface area contributed by atoms with Crippen molar-refractivity contribution in [3.05, 3.63) is 42.0 Å². The minimum Gasteiger partial charge on any atom is -0.495 e. The number of ether oxygens (including phenoxy) is 4. The van der Waals surface area contributed by atoms with Crippen molar-refractivity contribution < 1.29 is 18.9 Å². The van der Waals surface area contributed by atoms with Crippen LogP contribution in [0.3, 0.4) is 0 Å². The summed E-state index contributed by atoms with van der Waals surface area (Å²) >= 11 is 0. The van der Waals surface area contributed by atoms with E-state index in [4.69, 9.17) is 18.9 Å². The van der Waals surface area contributed by atoms with E-state index in [1.54, 1.807) is 28.4 Å². The molecule has 7 nitrogen and oxygen atoms in total. The molecule has 0 saturated carbocycles. The van der Waals surface area contributed by atoms with E-state index >= 15 is 0 Å². The lowest BCUT2D eigenvalue weighted by Gasteiger charge is -2.35. The number of hydrazone groups is 1. The van der Waals surface area contributed by atoms with Gasteiger partial charge in [-0.3, -0.25) is 5.01 Å². The first-order valence-corrected chi connectivity index (χ1v) is 9.17. The maximum absolute atomic E-state index is 5.47. The van der Waals surface area contributed by atoms with Gasteiger partial charge >= 0.3 is 0 Å². The Morgan fingerprint density at radius 2 is 1.39 bits per heavy atom. The van der Waals surface area contributed by atoms with Crippen LogP contribution in [0.15, 0.2) is 41.5 Å². The highest BCUT2D eigenvalue weighted by Gasteiger charge is 2.18. The molecule has 0 bridgehead atoms. The van der Waals surface area contributed by atoms with E-state index in [1.165, 1.54) is 0 Å². The van der Waals surface area contributed by atoms with Crippen LogP contribution in [-0.4, -0.2) is 65.8 Å². The van der Waals surface area contributed by atoms with Gasteiger partial charge < -0.3 is 23.8 Å². The van der Waals surface area contributed by atoms with E-state index in [0.29, 0.717) is 17.2 Å². The van der Waals surface area contributed by atoms with Crippen molar-refractivity contribution in [2.45, 2.75) is 0 Å². The average molecular weight is 385 g/mol. The monoisotopic (exact) mass is 385 g/mol. The topological polar surface area (TPSA) is 55.8 Å². The smallest absolute Gasteiger partial charge is 0.203 e. The Kier molecular flexibility index (Phi) is 6.47. The fraction of sp³-hybridized carbons (Fsp3) is 0.381. The average Bonchev–Trinajstić information content (AvgIpc) is 2.77. The molecule has 7 heteroatoms. The second-order valence-electron chi connectivity index (χ2n) is 6.32. The van der Waals surface area contributed by atoms with Gasteiger partial charge in [0.05, 0.1) is 53.4 Å². The fourth-order valence-corrected chi connectivity index (χ4v) is 3.27. The number of anilines is 1. The van der Waals surface area contributed by atoms with Crippen molar-refractivity contribution in [1.29, 1.82) is 0 Å². The summed E-state index contributed by atoms with van der Waals surface area (Å²) in [4.78, 5) is 2.32. The van der Waals surface area contributed by atoms with Gasteiger partial charge in [-0.25, -0.2) is 0 Å². The molecule has 1 heterocycles. The van der Waals surface area contributed by atoms with Crippen LogP contribution < -0.4 is 23.8 Å². The number of piperazine rings is 1.